The Hall–Kier alpha value is -1.81. The number of benzene rings is 1. The van der Waals surface area contributed by atoms with Gasteiger partial charge in [-0.3, -0.25) is 0 Å². The SMILES string of the molecule is CC(=Cc1ccc(O)cc1)C(=O)O.CN. The summed E-state index contributed by atoms with van der Waals surface area (Å²) in [6.45, 7) is 1.52. The van der Waals surface area contributed by atoms with Crippen LogP contribution in [0.3, 0.4) is 0 Å². The highest BCUT2D eigenvalue weighted by molar-refractivity contribution is 5.91. The van der Waals surface area contributed by atoms with E-state index in [0.29, 0.717) is 0 Å². The molecule has 4 N–H and O–H groups in total. The molecule has 0 heterocycles. The predicted octanol–water partition coefficient (Wildman–Crippen LogP) is 1.45. The van der Waals surface area contributed by atoms with Crippen LogP contribution in [0.25, 0.3) is 6.08 Å². The smallest absolute Gasteiger partial charge is 0.331 e. The standard InChI is InChI=1S/C10H10O3.CH5N/c1-7(10(12)13)6-8-2-4-9(11)5-3-8;1-2/h2-6,11H,1H3,(H,12,13);2H2,1H3. The van der Waals surface area contributed by atoms with E-state index in [9.17, 15) is 4.79 Å². The number of carbonyl (C=O) groups is 1. The van der Waals surface area contributed by atoms with Crippen molar-refractivity contribution in [3.8, 4) is 5.75 Å². The first-order valence-electron chi connectivity index (χ1n) is 4.38. The molecular weight excluding hydrogens is 194 g/mol. The Balaban J connectivity index is 0.000000921. The lowest BCUT2D eigenvalue weighted by Crippen LogP contribution is -1.95. The van der Waals surface area contributed by atoms with E-state index < -0.39 is 5.97 Å². The van der Waals surface area contributed by atoms with Gasteiger partial charge in [0.05, 0.1) is 0 Å². The van der Waals surface area contributed by atoms with Gasteiger partial charge in [0.1, 0.15) is 5.75 Å². The molecule has 0 aliphatic heterocycles. The van der Waals surface area contributed by atoms with E-state index in [1.807, 2.05) is 0 Å². The fraction of sp³-hybridized carbons (Fsp3) is 0.182. The highest BCUT2D eigenvalue weighted by Crippen LogP contribution is 2.12. The number of aromatic hydroxyl groups is 1. The maximum absolute atomic E-state index is 10.5. The summed E-state index contributed by atoms with van der Waals surface area (Å²) >= 11 is 0. The van der Waals surface area contributed by atoms with E-state index in [0.717, 1.165) is 5.56 Å². The van der Waals surface area contributed by atoms with Crippen molar-refractivity contribution in [2.24, 2.45) is 5.73 Å². The second-order valence-electron chi connectivity index (χ2n) is 2.72. The highest BCUT2D eigenvalue weighted by Gasteiger charge is 1.99. The lowest BCUT2D eigenvalue weighted by molar-refractivity contribution is -0.132. The van der Waals surface area contributed by atoms with Crippen molar-refractivity contribution in [1.29, 1.82) is 0 Å². The maximum atomic E-state index is 10.5. The number of hydrogen-bond acceptors (Lipinski definition) is 3. The van der Waals surface area contributed by atoms with Crippen molar-refractivity contribution in [3.63, 3.8) is 0 Å². The molecule has 0 bridgehead atoms. The summed E-state index contributed by atoms with van der Waals surface area (Å²) in [5.41, 5.74) is 5.53. The van der Waals surface area contributed by atoms with Gasteiger partial charge >= 0.3 is 5.97 Å². The Morgan fingerprint density at radius 2 is 1.73 bits per heavy atom. The number of rotatable bonds is 2. The van der Waals surface area contributed by atoms with Gasteiger partial charge in [-0.2, -0.15) is 0 Å². The zero-order chi connectivity index (χ0) is 11.8. The molecule has 0 aromatic heterocycles. The molecule has 1 aromatic rings. The van der Waals surface area contributed by atoms with Crippen molar-refractivity contribution in [2.75, 3.05) is 7.05 Å². The molecule has 0 amide bonds. The van der Waals surface area contributed by atoms with Crippen LogP contribution < -0.4 is 5.73 Å². The van der Waals surface area contributed by atoms with Crippen LogP contribution in [0.2, 0.25) is 0 Å². The molecule has 1 aromatic carbocycles. The Bertz CT molecular complexity index is 341. The fourth-order valence-corrected chi connectivity index (χ4v) is 0.882. The summed E-state index contributed by atoms with van der Waals surface area (Å²) in [7, 11) is 1.50. The quantitative estimate of drug-likeness (QED) is 0.644. The van der Waals surface area contributed by atoms with Gasteiger partial charge in [-0.25, -0.2) is 4.79 Å². The molecule has 0 saturated carbocycles. The summed E-state index contributed by atoms with van der Waals surface area (Å²) in [6.07, 6.45) is 1.54. The van der Waals surface area contributed by atoms with Crippen LogP contribution in [0.1, 0.15) is 12.5 Å². The van der Waals surface area contributed by atoms with Crippen molar-refractivity contribution >= 4 is 12.0 Å². The largest absolute Gasteiger partial charge is 0.508 e. The Morgan fingerprint density at radius 3 is 2.13 bits per heavy atom. The molecule has 0 aliphatic rings. The zero-order valence-electron chi connectivity index (χ0n) is 8.77. The van der Waals surface area contributed by atoms with Crippen molar-refractivity contribution in [1.82, 2.24) is 0 Å². The van der Waals surface area contributed by atoms with Crippen molar-refractivity contribution in [2.45, 2.75) is 6.92 Å². The van der Waals surface area contributed by atoms with Gasteiger partial charge < -0.3 is 15.9 Å². The second-order valence-corrected chi connectivity index (χ2v) is 2.72. The van der Waals surface area contributed by atoms with Gasteiger partial charge in [0.25, 0.3) is 0 Å². The first-order valence-corrected chi connectivity index (χ1v) is 4.38. The molecule has 4 heteroatoms. The van der Waals surface area contributed by atoms with E-state index in [1.54, 1.807) is 18.2 Å². The minimum Gasteiger partial charge on any atom is -0.508 e. The third-order valence-electron chi connectivity index (χ3n) is 1.61. The van der Waals surface area contributed by atoms with Gasteiger partial charge in [0.2, 0.25) is 0 Å². The first kappa shape index (κ1) is 13.2. The molecule has 4 nitrogen and oxygen atoms in total. The van der Waals surface area contributed by atoms with Gasteiger partial charge in [0, 0.05) is 5.57 Å². The number of hydrogen-bond donors (Lipinski definition) is 3. The van der Waals surface area contributed by atoms with Gasteiger partial charge in [-0.05, 0) is 37.7 Å². The number of nitrogens with two attached hydrogens (primary N) is 1. The van der Waals surface area contributed by atoms with Crippen LogP contribution >= 0.6 is 0 Å². The Labute approximate surface area is 88.7 Å². The molecule has 0 spiro atoms. The third kappa shape index (κ3) is 4.83. The van der Waals surface area contributed by atoms with Crippen LogP contribution in [-0.4, -0.2) is 23.2 Å². The zero-order valence-corrected chi connectivity index (χ0v) is 8.77. The topological polar surface area (TPSA) is 83.5 Å². The molecule has 0 unspecified atom stereocenters. The summed E-state index contributed by atoms with van der Waals surface area (Å²) in [4.78, 5) is 10.5. The van der Waals surface area contributed by atoms with Crippen LogP contribution in [0.5, 0.6) is 5.75 Å². The number of aliphatic carboxylic acids is 1. The Morgan fingerprint density at radius 1 is 1.27 bits per heavy atom. The van der Waals surface area contributed by atoms with E-state index in [4.69, 9.17) is 10.2 Å². The lowest BCUT2D eigenvalue weighted by Gasteiger charge is -1.95. The summed E-state index contributed by atoms with van der Waals surface area (Å²) < 4.78 is 0. The molecule has 0 atom stereocenters. The summed E-state index contributed by atoms with van der Waals surface area (Å²) in [5, 5.41) is 17.5. The first-order chi connectivity index (χ1) is 7.09. The highest BCUT2D eigenvalue weighted by atomic mass is 16.4. The van der Waals surface area contributed by atoms with Crippen LogP contribution in [0.15, 0.2) is 29.8 Å². The number of phenols is 1. The van der Waals surface area contributed by atoms with E-state index >= 15 is 0 Å². The number of carboxylic acids is 1. The summed E-state index contributed by atoms with van der Waals surface area (Å²) in [5.74, 6) is -0.766. The monoisotopic (exact) mass is 209 g/mol. The van der Waals surface area contributed by atoms with Crippen LogP contribution in [0.4, 0.5) is 0 Å². The maximum Gasteiger partial charge on any atom is 0.331 e. The molecule has 15 heavy (non-hydrogen) atoms. The average molecular weight is 209 g/mol. The van der Waals surface area contributed by atoms with Crippen LogP contribution in [-0.2, 0) is 4.79 Å². The van der Waals surface area contributed by atoms with Gasteiger partial charge in [0.15, 0.2) is 0 Å². The molecule has 0 aliphatic carbocycles. The van der Waals surface area contributed by atoms with E-state index in [1.165, 1.54) is 26.1 Å². The molecule has 82 valence electrons. The van der Waals surface area contributed by atoms with Gasteiger partial charge in [-0.15, -0.1) is 0 Å². The molecule has 1 rings (SSSR count). The lowest BCUT2D eigenvalue weighted by atomic mass is 10.1. The number of phenolic OH excluding ortho intramolecular Hbond substituents is 1. The molecule has 0 fully saturated rings. The van der Waals surface area contributed by atoms with Gasteiger partial charge in [-0.1, -0.05) is 12.1 Å². The van der Waals surface area contributed by atoms with Crippen molar-refractivity contribution < 1.29 is 15.0 Å². The molecular formula is C11H15NO3. The predicted molar refractivity (Wildman–Crippen MR) is 59.5 cm³/mol. The minimum absolute atomic E-state index is 0.171. The minimum atomic E-state index is -0.937. The average Bonchev–Trinajstić information content (AvgIpc) is 2.24. The fourth-order valence-electron chi connectivity index (χ4n) is 0.882. The molecule has 0 saturated heterocycles. The molecule has 0 radical (unpaired) electrons. The third-order valence-corrected chi connectivity index (χ3v) is 1.61. The second kappa shape index (κ2) is 6.62. The normalized spacial score (nSPS) is 10.2. The summed E-state index contributed by atoms with van der Waals surface area (Å²) in [6, 6.07) is 6.34. The van der Waals surface area contributed by atoms with Crippen molar-refractivity contribution in [3.05, 3.63) is 35.4 Å². The Kier molecular flexibility index (Phi) is 5.82. The number of carboxylic acid groups (broad SMARTS) is 1. The van der Waals surface area contributed by atoms with E-state index in [2.05, 4.69) is 5.73 Å². The van der Waals surface area contributed by atoms with Crippen LogP contribution in [0, 0.1) is 0 Å². The van der Waals surface area contributed by atoms with E-state index in [-0.39, 0.29) is 11.3 Å².